The average molecular weight is 333 g/mol. The minimum absolute atomic E-state index is 0.259. The molecule has 24 heavy (non-hydrogen) atoms. The number of methoxy groups -OCH3 is 1. The second kappa shape index (κ2) is 7.29. The fourth-order valence-electron chi connectivity index (χ4n) is 3.72. The summed E-state index contributed by atoms with van der Waals surface area (Å²) < 4.78 is 9.09. The lowest BCUT2D eigenvalue weighted by atomic mass is 9.83. The predicted molar refractivity (Wildman–Crippen MR) is 90.5 cm³/mol. The molecule has 2 heterocycles. The minimum Gasteiger partial charge on any atom is -0.385 e. The maximum atomic E-state index is 5.33. The van der Waals surface area contributed by atoms with Gasteiger partial charge in [0.05, 0.1) is 12.7 Å². The largest absolute Gasteiger partial charge is 0.385 e. The van der Waals surface area contributed by atoms with E-state index in [2.05, 4.69) is 25.5 Å². The third-order valence-corrected chi connectivity index (χ3v) is 5.02. The molecule has 0 spiro atoms. The third kappa shape index (κ3) is 3.75. The van der Waals surface area contributed by atoms with Crippen LogP contribution >= 0.6 is 0 Å². The first-order valence-electron chi connectivity index (χ1n) is 8.56. The number of hydrogen-bond acceptors (Lipinski definition) is 6. The van der Waals surface area contributed by atoms with E-state index in [1.165, 1.54) is 25.7 Å². The van der Waals surface area contributed by atoms with E-state index in [0.29, 0.717) is 0 Å². The van der Waals surface area contributed by atoms with Crippen LogP contribution in [0, 0.1) is 5.41 Å². The number of aromatic nitrogens is 6. The summed E-state index contributed by atoms with van der Waals surface area (Å²) in [4.78, 5) is 2.08. The van der Waals surface area contributed by atoms with Crippen molar-refractivity contribution in [1.29, 1.82) is 0 Å². The molecule has 0 unspecified atom stereocenters. The van der Waals surface area contributed by atoms with Crippen LogP contribution in [0.3, 0.4) is 0 Å². The van der Waals surface area contributed by atoms with Crippen LogP contribution in [-0.4, -0.2) is 50.8 Å². The van der Waals surface area contributed by atoms with E-state index in [1.807, 2.05) is 35.9 Å². The summed E-state index contributed by atoms with van der Waals surface area (Å²) in [6.07, 6.45) is 9.97. The number of anilines is 1. The lowest BCUT2D eigenvalue weighted by molar-refractivity contribution is 0.121. The highest BCUT2D eigenvalue weighted by Crippen LogP contribution is 2.42. The van der Waals surface area contributed by atoms with Crippen molar-refractivity contribution in [3.8, 4) is 0 Å². The molecule has 3 rings (SSSR count). The summed E-state index contributed by atoms with van der Waals surface area (Å²) in [6.45, 7) is 2.39. The zero-order valence-electron chi connectivity index (χ0n) is 14.9. The summed E-state index contributed by atoms with van der Waals surface area (Å²) in [6, 6.07) is 0. The average Bonchev–Trinajstić information content (AvgIpc) is 3.28. The van der Waals surface area contributed by atoms with Crippen LogP contribution in [0.25, 0.3) is 0 Å². The van der Waals surface area contributed by atoms with Gasteiger partial charge in [0, 0.05) is 46.1 Å². The zero-order valence-corrected chi connectivity index (χ0v) is 14.9. The Morgan fingerprint density at radius 1 is 1.33 bits per heavy atom. The number of rotatable bonds is 8. The van der Waals surface area contributed by atoms with E-state index in [9.17, 15) is 0 Å². The molecule has 2 aromatic rings. The Kier molecular flexibility index (Phi) is 5.13. The molecule has 0 aliphatic heterocycles. The van der Waals surface area contributed by atoms with Crippen molar-refractivity contribution in [2.45, 2.75) is 45.2 Å². The Bertz CT molecular complexity index is 644. The Labute approximate surface area is 142 Å². The molecule has 1 aliphatic carbocycles. The highest BCUT2D eigenvalue weighted by molar-refractivity contribution is 5.28. The van der Waals surface area contributed by atoms with Crippen molar-refractivity contribution in [2.75, 3.05) is 25.7 Å². The Morgan fingerprint density at radius 2 is 2.12 bits per heavy atom. The number of nitrogens with zero attached hydrogens (tertiary/aromatic N) is 7. The first kappa shape index (κ1) is 16.9. The first-order valence-corrected chi connectivity index (χ1v) is 8.56. The molecule has 1 aliphatic rings. The molecule has 0 radical (unpaired) electrons. The van der Waals surface area contributed by atoms with Crippen molar-refractivity contribution in [3.63, 3.8) is 0 Å². The van der Waals surface area contributed by atoms with Crippen LogP contribution in [0.2, 0.25) is 0 Å². The van der Waals surface area contributed by atoms with Crippen LogP contribution in [0.5, 0.6) is 0 Å². The van der Waals surface area contributed by atoms with E-state index in [-0.39, 0.29) is 5.41 Å². The second-order valence-electron chi connectivity index (χ2n) is 6.96. The molecule has 8 heteroatoms. The molecular formula is C16H27N7O. The van der Waals surface area contributed by atoms with Crippen molar-refractivity contribution >= 4 is 5.95 Å². The van der Waals surface area contributed by atoms with E-state index >= 15 is 0 Å². The number of hydrogen-bond donors (Lipinski definition) is 0. The summed E-state index contributed by atoms with van der Waals surface area (Å²) in [5.74, 6) is 0.808. The maximum absolute atomic E-state index is 5.33. The second-order valence-corrected chi connectivity index (χ2v) is 6.96. The van der Waals surface area contributed by atoms with Crippen LogP contribution in [0.1, 0.15) is 37.7 Å². The smallest absolute Gasteiger partial charge is 0.245 e. The molecule has 0 saturated heterocycles. The third-order valence-electron chi connectivity index (χ3n) is 5.02. The number of aryl methyl sites for hydroxylation is 1. The number of ether oxygens (including phenoxy) is 1. The summed E-state index contributed by atoms with van der Waals surface area (Å²) in [5, 5.41) is 16.6. The molecule has 2 aromatic heterocycles. The fourth-order valence-corrected chi connectivity index (χ4v) is 3.72. The molecule has 132 valence electrons. The van der Waals surface area contributed by atoms with E-state index < -0.39 is 0 Å². The highest BCUT2D eigenvalue weighted by Gasteiger charge is 2.35. The fraction of sp³-hybridized carbons (Fsp3) is 0.750. The van der Waals surface area contributed by atoms with Gasteiger partial charge in [-0.3, -0.25) is 4.68 Å². The summed E-state index contributed by atoms with van der Waals surface area (Å²) >= 11 is 0. The Hall–Kier alpha value is -1.96. The van der Waals surface area contributed by atoms with Crippen LogP contribution in [0.15, 0.2) is 12.4 Å². The lowest BCUT2D eigenvalue weighted by Gasteiger charge is -2.29. The van der Waals surface area contributed by atoms with Crippen molar-refractivity contribution in [1.82, 2.24) is 30.0 Å². The molecular weight excluding hydrogens is 306 g/mol. The Morgan fingerprint density at radius 3 is 2.79 bits per heavy atom. The van der Waals surface area contributed by atoms with Crippen molar-refractivity contribution in [3.05, 3.63) is 18.0 Å². The molecule has 0 N–H and O–H groups in total. The quantitative estimate of drug-likeness (QED) is 0.731. The van der Waals surface area contributed by atoms with Gasteiger partial charge in [0.15, 0.2) is 0 Å². The van der Waals surface area contributed by atoms with Crippen LogP contribution in [-0.2, 0) is 24.9 Å². The van der Waals surface area contributed by atoms with Gasteiger partial charge >= 0.3 is 0 Å². The SMILES string of the molecule is COCCC1(Cn2nnnc2N(C)Cc2cnn(C)c2)CCCC1. The molecule has 0 aromatic carbocycles. The van der Waals surface area contributed by atoms with Gasteiger partial charge in [0.2, 0.25) is 5.95 Å². The van der Waals surface area contributed by atoms with Gasteiger partial charge in [-0.25, -0.2) is 4.68 Å². The highest BCUT2D eigenvalue weighted by atomic mass is 16.5. The predicted octanol–water partition coefficient (Wildman–Crippen LogP) is 1.64. The van der Waals surface area contributed by atoms with Gasteiger partial charge in [0.1, 0.15) is 0 Å². The van der Waals surface area contributed by atoms with Crippen LogP contribution in [0.4, 0.5) is 5.95 Å². The van der Waals surface area contributed by atoms with E-state index in [1.54, 1.807) is 7.11 Å². The van der Waals surface area contributed by atoms with Gasteiger partial charge in [-0.05, 0) is 35.1 Å². The molecule has 0 amide bonds. The normalized spacial score (nSPS) is 16.6. The first-order chi connectivity index (χ1) is 11.6. The lowest BCUT2D eigenvalue weighted by Crippen LogP contribution is -2.29. The van der Waals surface area contributed by atoms with Crippen molar-refractivity contribution < 1.29 is 4.74 Å². The number of tetrazole rings is 1. The maximum Gasteiger partial charge on any atom is 0.245 e. The summed E-state index contributed by atoms with van der Waals surface area (Å²) in [7, 11) is 5.71. The monoisotopic (exact) mass is 333 g/mol. The Balaban J connectivity index is 1.71. The van der Waals surface area contributed by atoms with Gasteiger partial charge in [0.25, 0.3) is 0 Å². The van der Waals surface area contributed by atoms with E-state index in [0.717, 1.165) is 37.6 Å². The van der Waals surface area contributed by atoms with Gasteiger partial charge in [-0.2, -0.15) is 5.10 Å². The summed E-state index contributed by atoms with van der Waals surface area (Å²) in [5.41, 5.74) is 1.40. The van der Waals surface area contributed by atoms with Gasteiger partial charge in [-0.15, -0.1) is 0 Å². The van der Waals surface area contributed by atoms with Crippen molar-refractivity contribution in [2.24, 2.45) is 12.5 Å². The zero-order chi connectivity index (χ0) is 17.0. The molecule has 1 saturated carbocycles. The topological polar surface area (TPSA) is 73.9 Å². The minimum atomic E-state index is 0.259. The molecule has 0 atom stereocenters. The molecule has 0 bridgehead atoms. The molecule has 1 fully saturated rings. The van der Waals surface area contributed by atoms with Gasteiger partial charge < -0.3 is 9.64 Å². The standard InChI is InChI=1S/C16H27N7O/c1-21(11-14-10-17-22(2)12-14)15-18-19-20-23(15)13-16(8-9-24-3)6-4-5-7-16/h10,12H,4-9,11,13H2,1-3H3. The van der Waals surface area contributed by atoms with E-state index in [4.69, 9.17) is 4.74 Å². The molecule has 8 nitrogen and oxygen atoms in total. The van der Waals surface area contributed by atoms with Crippen LogP contribution < -0.4 is 4.90 Å². The van der Waals surface area contributed by atoms with Gasteiger partial charge in [-0.1, -0.05) is 17.9 Å².